The third-order valence-corrected chi connectivity index (χ3v) is 14.6. The minimum atomic E-state index is -0.763. The predicted molar refractivity (Wildman–Crippen MR) is 293 cm³/mol. The average molecular weight is 962 g/mol. The summed E-state index contributed by atoms with van der Waals surface area (Å²) in [7, 11) is 0. The minimum Gasteiger partial charge on any atom is -0.462 e. The van der Waals surface area contributed by atoms with E-state index in [1.807, 2.05) is 0 Å². The van der Waals surface area contributed by atoms with Crippen LogP contribution >= 0.6 is 0 Å². The summed E-state index contributed by atoms with van der Waals surface area (Å²) >= 11 is 0. The Morgan fingerprint density at radius 1 is 0.309 bits per heavy atom. The minimum absolute atomic E-state index is 0.0637. The zero-order valence-electron chi connectivity index (χ0n) is 46.7. The van der Waals surface area contributed by atoms with Crippen LogP contribution in [-0.2, 0) is 28.6 Å². The maximum absolute atomic E-state index is 12.8. The van der Waals surface area contributed by atoms with Crippen molar-refractivity contribution in [2.75, 3.05) is 13.2 Å². The molecule has 0 heterocycles. The van der Waals surface area contributed by atoms with Crippen LogP contribution in [0.25, 0.3) is 0 Å². The predicted octanol–water partition coefficient (Wildman–Crippen LogP) is 20.4. The lowest BCUT2D eigenvalue weighted by Gasteiger charge is -2.18. The van der Waals surface area contributed by atoms with Crippen molar-refractivity contribution in [3.05, 3.63) is 0 Å². The monoisotopic (exact) mass is 961 g/mol. The number of ether oxygens (including phenoxy) is 3. The highest BCUT2D eigenvalue weighted by Crippen LogP contribution is 2.19. The molecule has 0 aliphatic rings. The van der Waals surface area contributed by atoms with Crippen LogP contribution < -0.4 is 0 Å². The normalized spacial score (nSPS) is 12.4. The fraction of sp³-hybridized carbons (Fsp3) is 0.952. The van der Waals surface area contributed by atoms with Gasteiger partial charge in [0.05, 0.1) is 0 Å². The van der Waals surface area contributed by atoms with Gasteiger partial charge in [0, 0.05) is 19.3 Å². The van der Waals surface area contributed by atoms with Crippen molar-refractivity contribution in [2.45, 2.75) is 355 Å². The standard InChI is InChI=1S/C62H120O6/c1-6-8-9-10-11-12-13-14-15-16-17-21-24-27-30-33-36-42-47-52-60(63)66-55-59(68-62(65)54-49-44-39-38-40-45-50-57(3)4)56-67-61(64)53-48-43-37-34-31-28-25-22-19-18-20-23-26-29-32-35-41-46-51-58(5)7-2/h57-59H,6-56H2,1-5H3/t58?,59-/m0/s1. The fourth-order valence-corrected chi connectivity index (χ4v) is 9.55. The first-order valence-corrected chi connectivity index (χ1v) is 30.8. The molecular formula is C62H120O6. The second-order valence-electron chi connectivity index (χ2n) is 22.1. The Kier molecular flexibility index (Phi) is 53.5. The summed E-state index contributed by atoms with van der Waals surface area (Å²) in [4.78, 5) is 38.1. The summed E-state index contributed by atoms with van der Waals surface area (Å²) in [5, 5.41) is 0. The quantitative estimate of drug-likeness (QED) is 0.0343. The molecule has 2 atom stereocenters. The van der Waals surface area contributed by atoms with E-state index in [0.717, 1.165) is 69.6 Å². The Balaban J connectivity index is 4.13. The van der Waals surface area contributed by atoms with E-state index in [4.69, 9.17) is 14.2 Å². The molecule has 0 fully saturated rings. The highest BCUT2D eigenvalue weighted by Gasteiger charge is 2.19. The molecule has 0 amide bonds. The second-order valence-corrected chi connectivity index (χ2v) is 22.1. The number of esters is 3. The molecule has 6 nitrogen and oxygen atoms in total. The third kappa shape index (κ3) is 53.8. The first-order valence-electron chi connectivity index (χ1n) is 30.8. The molecule has 0 aliphatic heterocycles. The van der Waals surface area contributed by atoms with Crippen LogP contribution in [0.4, 0.5) is 0 Å². The first-order chi connectivity index (χ1) is 33.3. The summed E-state index contributed by atoms with van der Waals surface area (Å²) < 4.78 is 16.9. The zero-order chi connectivity index (χ0) is 49.6. The molecule has 6 heteroatoms. The lowest BCUT2D eigenvalue weighted by atomic mass is 9.99. The van der Waals surface area contributed by atoms with E-state index in [9.17, 15) is 14.4 Å². The molecule has 0 rings (SSSR count). The maximum atomic E-state index is 12.8. The van der Waals surface area contributed by atoms with Gasteiger partial charge in [-0.1, -0.05) is 311 Å². The van der Waals surface area contributed by atoms with Gasteiger partial charge in [0.2, 0.25) is 0 Å². The molecule has 0 spiro atoms. The Morgan fingerprint density at radius 3 is 0.838 bits per heavy atom. The molecule has 0 aromatic carbocycles. The van der Waals surface area contributed by atoms with E-state index in [1.54, 1.807) is 0 Å². The van der Waals surface area contributed by atoms with Gasteiger partial charge in [-0.05, 0) is 31.1 Å². The molecule has 1 unspecified atom stereocenters. The number of hydrogen-bond donors (Lipinski definition) is 0. The molecule has 0 saturated heterocycles. The van der Waals surface area contributed by atoms with Crippen LogP contribution in [-0.4, -0.2) is 37.2 Å². The highest BCUT2D eigenvalue weighted by molar-refractivity contribution is 5.71. The first kappa shape index (κ1) is 66.4. The fourth-order valence-electron chi connectivity index (χ4n) is 9.55. The smallest absolute Gasteiger partial charge is 0.306 e. The van der Waals surface area contributed by atoms with Gasteiger partial charge in [-0.25, -0.2) is 0 Å². The van der Waals surface area contributed by atoms with Gasteiger partial charge < -0.3 is 14.2 Å². The molecule has 0 aromatic heterocycles. The van der Waals surface area contributed by atoms with Gasteiger partial charge in [0.25, 0.3) is 0 Å². The van der Waals surface area contributed by atoms with Gasteiger partial charge in [-0.2, -0.15) is 0 Å². The van der Waals surface area contributed by atoms with Gasteiger partial charge in [-0.3, -0.25) is 14.4 Å². The van der Waals surface area contributed by atoms with Crippen molar-refractivity contribution in [1.82, 2.24) is 0 Å². The number of carbonyl (C=O) groups is 3. The number of unbranched alkanes of at least 4 members (excludes halogenated alkanes) is 40. The van der Waals surface area contributed by atoms with Gasteiger partial charge in [0.1, 0.15) is 13.2 Å². The number of hydrogen-bond acceptors (Lipinski definition) is 6. The highest BCUT2D eigenvalue weighted by atomic mass is 16.6. The van der Waals surface area contributed by atoms with E-state index < -0.39 is 6.10 Å². The number of carbonyl (C=O) groups excluding carboxylic acids is 3. The van der Waals surface area contributed by atoms with Gasteiger partial charge in [-0.15, -0.1) is 0 Å². The van der Waals surface area contributed by atoms with Crippen molar-refractivity contribution in [1.29, 1.82) is 0 Å². The van der Waals surface area contributed by atoms with E-state index in [-0.39, 0.29) is 31.1 Å². The van der Waals surface area contributed by atoms with Crippen molar-refractivity contribution >= 4 is 17.9 Å². The summed E-state index contributed by atoms with van der Waals surface area (Å²) in [6.07, 6.45) is 59.8. The summed E-state index contributed by atoms with van der Waals surface area (Å²) in [5.41, 5.74) is 0. The molecular weight excluding hydrogens is 841 g/mol. The van der Waals surface area contributed by atoms with Crippen LogP contribution in [0.15, 0.2) is 0 Å². The molecule has 404 valence electrons. The SMILES string of the molecule is CCCCCCCCCCCCCCCCCCCCCC(=O)OC[C@@H](COC(=O)CCCCCCCCCCCCCCCCCCCCC(C)CC)OC(=O)CCCCCCCCC(C)C. The Labute approximate surface area is 425 Å². The Bertz CT molecular complexity index is 1040. The van der Waals surface area contributed by atoms with Crippen molar-refractivity contribution in [3.63, 3.8) is 0 Å². The van der Waals surface area contributed by atoms with Crippen LogP contribution in [0, 0.1) is 11.8 Å². The Hall–Kier alpha value is -1.59. The largest absolute Gasteiger partial charge is 0.462 e. The van der Waals surface area contributed by atoms with Crippen LogP contribution in [0.2, 0.25) is 0 Å². The van der Waals surface area contributed by atoms with Crippen LogP contribution in [0.1, 0.15) is 349 Å². The van der Waals surface area contributed by atoms with Crippen molar-refractivity contribution in [2.24, 2.45) is 11.8 Å². The molecule has 0 aromatic rings. The van der Waals surface area contributed by atoms with Crippen molar-refractivity contribution in [3.8, 4) is 0 Å². The zero-order valence-corrected chi connectivity index (χ0v) is 46.7. The van der Waals surface area contributed by atoms with E-state index >= 15 is 0 Å². The van der Waals surface area contributed by atoms with Gasteiger partial charge >= 0.3 is 17.9 Å². The van der Waals surface area contributed by atoms with Crippen LogP contribution in [0.3, 0.4) is 0 Å². The van der Waals surface area contributed by atoms with Crippen LogP contribution in [0.5, 0.6) is 0 Å². The molecule has 68 heavy (non-hydrogen) atoms. The van der Waals surface area contributed by atoms with Crippen molar-refractivity contribution < 1.29 is 28.6 Å². The van der Waals surface area contributed by atoms with Gasteiger partial charge in [0.15, 0.2) is 6.10 Å². The lowest BCUT2D eigenvalue weighted by molar-refractivity contribution is -0.167. The maximum Gasteiger partial charge on any atom is 0.306 e. The third-order valence-electron chi connectivity index (χ3n) is 14.6. The number of rotatable bonds is 56. The Morgan fingerprint density at radius 2 is 0.559 bits per heavy atom. The molecule has 0 aliphatic carbocycles. The summed E-state index contributed by atoms with van der Waals surface area (Å²) in [5.74, 6) is 0.826. The molecule has 0 radical (unpaired) electrons. The van der Waals surface area contributed by atoms with E-state index in [2.05, 4.69) is 34.6 Å². The molecule has 0 N–H and O–H groups in total. The topological polar surface area (TPSA) is 78.9 Å². The lowest BCUT2D eigenvalue weighted by Crippen LogP contribution is -2.30. The van der Waals surface area contributed by atoms with E-state index in [1.165, 1.54) is 238 Å². The van der Waals surface area contributed by atoms with E-state index in [0.29, 0.717) is 19.3 Å². The molecule has 0 bridgehead atoms. The average Bonchev–Trinajstić information content (AvgIpc) is 3.33. The summed E-state index contributed by atoms with van der Waals surface area (Å²) in [6.45, 7) is 11.4. The molecule has 0 saturated carbocycles. The second kappa shape index (κ2) is 54.7. The summed E-state index contributed by atoms with van der Waals surface area (Å²) in [6, 6.07) is 0.